The summed E-state index contributed by atoms with van der Waals surface area (Å²) < 4.78 is 10.3. The first-order valence-corrected chi connectivity index (χ1v) is 4.81. The summed E-state index contributed by atoms with van der Waals surface area (Å²) in [5.41, 5.74) is 0.257. The van der Waals surface area contributed by atoms with E-state index in [1.165, 1.54) is 19.2 Å². The van der Waals surface area contributed by atoms with Crippen molar-refractivity contribution in [2.45, 2.75) is 13.0 Å². The van der Waals surface area contributed by atoms with Crippen LogP contribution in [-0.2, 0) is 4.79 Å². The second-order valence-electron chi connectivity index (χ2n) is 3.08. The summed E-state index contributed by atoms with van der Waals surface area (Å²) >= 11 is 0. The number of hydrogen-bond acceptors (Lipinski definition) is 4. The molecule has 0 aliphatic rings. The molecule has 0 saturated carbocycles. The summed E-state index contributed by atoms with van der Waals surface area (Å²) in [6, 6.07) is 4.51. The highest BCUT2D eigenvalue weighted by molar-refractivity contribution is 5.74. The minimum Gasteiger partial charge on any atom is -0.493 e. The number of carboxylic acids is 1. The molecule has 0 fully saturated rings. The van der Waals surface area contributed by atoms with Crippen LogP contribution in [0.5, 0.6) is 11.5 Å². The van der Waals surface area contributed by atoms with Crippen molar-refractivity contribution in [2.75, 3.05) is 13.7 Å². The minimum absolute atomic E-state index is 0.257. The van der Waals surface area contributed by atoms with Crippen molar-refractivity contribution in [3.63, 3.8) is 0 Å². The molecule has 0 saturated heterocycles. The van der Waals surface area contributed by atoms with Gasteiger partial charge in [-0.1, -0.05) is 6.07 Å². The van der Waals surface area contributed by atoms with Crippen LogP contribution in [0.1, 0.15) is 18.6 Å². The van der Waals surface area contributed by atoms with Gasteiger partial charge in [-0.05, 0) is 24.6 Å². The molecule has 1 atom stereocenters. The number of aliphatic hydroxyl groups excluding tert-OH is 1. The number of hydrogen-bond donors (Lipinski definition) is 2. The third-order valence-electron chi connectivity index (χ3n) is 2.04. The molecule has 2 N–H and O–H groups in total. The molecule has 0 aliphatic carbocycles. The number of aliphatic carboxylic acids is 1. The molecule has 0 radical (unpaired) electrons. The van der Waals surface area contributed by atoms with Gasteiger partial charge in [0.05, 0.1) is 13.7 Å². The largest absolute Gasteiger partial charge is 0.493 e. The summed E-state index contributed by atoms with van der Waals surface area (Å²) in [7, 11) is 1.45. The van der Waals surface area contributed by atoms with E-state index < -0.39 is 12.1 Å². The normalized spacial score (nSPS) is 11.9. The molecule has 0 aromatic heterocycles. The maximum Gasteiger partial charge on any atom is 0.337 e. The number of aliphatic hydroxyl groups is 1. The Balaban J connectivity index is 3.03. The van der Waals surface area contributed by atoms with Gasteiger partial charge in [-0.15, -0.1) is 0 Å². The molecule has 0 spiro atoms. The zero-order valence-electron chi connectivity index (χ0n) is 9.14. The number of carbonyl (C=O) groups is 1. The van der Waals surface area contributed by atoms with Gasteiger partial charge in [-0.25, -0.2) is 4.79 Å². The van der Waals surface area contributed by atoms with Gasteiger partial charge in [0, 0.05) is 0 Å². The van der Waals surface area contributed by atoms with Gasteiger partial charge < -0.3 is 19.7 Å². The molecule has 1 rings (SSSR count). The Bertz CT molecular complexity index is 375. The van der Waals surface area contributed by atoms with E-state index in [0.717, 1.165) is 0 Å². The highest BCUT2D eigenvalue weighted by Crippen LogP contribution is 2.30. The highest BCUT2D eigenvalue weighted by atomic mass is 16.5. The van der Waals surface area contributed by atoms with Crippen LogP contribution >= 0.6 is 0 Å². The van der Waals surface area contributed by atoms with Gasteiger partial charge >= 0.3 is 5.97 Å². The molecule has 16 heavy (non-hydrogen) atoms. The van der Waals surface area contributed by atoms with Crippen molar-refractivity contribution in [1.29, 1.82) is 0 Å². The lowest BCUT2D eigenvalue weighted by Crippen LogP contribution is -2.10. The lowest BCUT2D eigenvalue weighted by molar-refractivity contribution is -0.146. The summed E-state index contributed by atoms with van der Waals surface area (Å²) in [4.78, 5) is 10.6. The van der Waals surface area contributed by atoms with Crippen molar-refractivity contribution in [2.24, 2.45) is 0 Å². The maximum absolute atomic E-state index is 10.6. The van der Waals surface area contributed by atoms with E-state index in [-0.39, 0.29) is 5.56 Å². The van der Waals surface area contributed by atoms with Crippen molar-refractivity contribution < 1.29 is 24.5 Å². The predicted octanol–water partition coefficient (Wildman–Crippen LogP) is 1.21. The van der Waals surface area contributed by atoms with E-state index >= 15 is 0 Å². The molecule has 88 valence electrons. The number of carboxylic acid groups (broad SMARTS) is 1. The van der Waals surface area contributed by atoms with Crippen molar-refractivity contribution in [1.82, 2.24) is 0 Å². The Labute approximate surface area is 93.2 Å². The van der Waals surface area contributed by atoms with Crippen LogP contribution in [-0.4, -0.2) is 29.9 Å². The Morgan fingerprint density at radius 1 is 1.44 bits per heavy atom. The second kappa shape index (κ2) is 5.37. The number of benzene rings is 1. The average Bonchev–Trinajstić information content (AvgIpc) is 2.29. The molecule has 0 bridgehead atoms. The van der Waals surface area contributed by atoms with Crippen molar-refractivity contribution in [3.05, 3.63) is 23.8 Å². The Morgan fingerprint density at radius 3 is 2.62 bits per heavy atom. The van der Waals surface area contributed by atoms with Crippen LogP contribution in [0.25, 0.3) is 0 Å². The first-order valence-electron chi connectivity index (χ1n) is 4.81. The molecule has 0 heterocycles. The van der Waals surface area contributed by atoms with E-state index in [0.29, 0.717) is 18.1 Å². The van der Waals surface area contributed by atoms with Gasteiger partial charge in [0.15, 0.2) is 17.6 Å². The van der Waals surface area contributed by atoms with Crippen LogP contribution in [0.15, 0.2) is 18.2 Å². The van der Waals surface area contributed by atoms with Crippen LogP contribution in [0.3, 0.4) is 0 Å². The van der Waals surface area contributed by atoms with Gasteiger partial charge in [-0.3, -0.25) is 0 Å². The standard InChI is InChI=1S/C11H14O5/c1-3-16-8-5-4-7(6-9(8)15-2)10(12)11(13)14/h4-6,10,12H,3H2,1-2H3,(H,13,14). The highest BCUT2D eigenvalue weighted by Gasteiger charge is 2.17. The zero-order chi connectivity index (χ0) is 12.1. The SMILES string of the molecule is CCOc1ccc(C(O)C(=O)O)cc1OC. The first kappa shape index (κ1) is 12.3. The fourth-order valence-electron chi connectivity index (χ4n) is 1.27. The van der Waals surface area contributed by atoms with Crippen molar-refractivity contribution >= 4 is 5.97 Å². The molecule has 0 amide bonds. The smallest absolute Gasteiger partial charge is 0.337 e. The zero-order valence-corrected chi connectivity index (χ0v) is 9.14. The number of ether oxygens (including phenoxy) is 2. The van der Waals surface area contributed by atoms with Crippen LogP contribution in [0.4, 0.5) is 0 Å². The molecule has 0 aliphatic heterocycles. The summed E-state index contributed by atoms with van der Waals surface area (Å²) in [6.45, 7) is 2.32. The average molecular weight is 226 g/mol. The van der Waals surface area contributed by atoms with E-state index in [1.54, 1.807) is 6.07 Å². The van der Waals surface area contributed by atoms with Crippen LogP contribution in [0.2, 0.25) is 0 Å². The summed E-state index contributed by atoms with van der Waals surface area (Å²) in [5, 5.41) is 18.0. The molecular formula is C11H14O5. The van der Waals surface area contributed by atoms with Crippen molar-refractivity contribution in [3.8, 4) is 11.5 Å². The monoisotopic (exact) mass is 226 g/mol. The van der Waals surface area contributed by atoms with Gasteiger partial charge in [0.1, 0.15) is 0 Å². The van der Waals surface area contributed by atoms with E-state index in [4.69, 9.17) is 14.6 Å². The fourth-order valence-corrected chi connectivity index (χ4v) is 1.27. The molecule has 1 aromatic rings. The Kier molecular flexibility index (Phi) is 4.13. The third kappa shape index (κ3) is 2.64. The molecular weight excluding hydrogens is 212 g/mol. The minimum atomic E-state index is -1.55. The number of methoxy groups -OCH3 is 1. The van der Waals surface area contributed by atoms with E-state index in [2.05, 4.69) is 0 Å². The lowest BCUT2D eigenvalue weighted by Gasteiger charge is -2.12. The quantitative estimate of drug-likeness (QED) is 0.789. The molecule has 1 aromatic carbocycles. The second-order valence-corrected chi connectivity index (χ2v) is 3.08. The summed E-state index contributed by atoms with van der Waals surface area (Å²) in [6.07, 6.45) is -1.55. The molecule has 1 unspecified atom stereocenters. The lowest BCUT2D eigenvalue weighted by atomic mass is 10.1. The topological polar surface area (TPSA) is 76.0 Å². The number of rotatable bonds is 5. The van der Waals surface area contributed by atoms with Gasteiger partial charge in [-0.2, -0.15) is 0 Å². The first-order chi connectivity index (χ1) is 7.60. The van der Waals surface area contributed by atoms with Crippen LogP contribution in [0, 0.1) is 0 Å². The Morgan fingerprint density at radius 2 is 2.12 bits per heavy atom. The van der Waals surface area contributed by atoms with E-state index in [9.17, 15) is 9.90 Å². The van der Waals surface area contributed by atoms with Gasteiger partial charge in [0.25, 0.3) is 0 Å². The van der Waals surface area contributed by atoms with E-state index in [1.807, 2.05) is 6.92 Å². The van der Waals surface area contributed by atoms with Crippen LogP contribution < -0.4 is 9.47 Å². The Hall–Kier alpha value is -1.75. The summed E-state index contributed by atoms with van der Waals surface area (Å²) in [5.74, 6) is -0.378. The van der Waals surface area contributed by atoms with Gasteiger partial charge in [0.2, 0.25) is 0 Å². The third-order valence-corrected chi connectivity index (χ3v) is 2.04. The predicted molar refractivity (Wildman–Crippen MR) is 56.8 cm³/mol. The fraction of sp³-hybridized carbons (Fsp3) is 0.364. The molecule has 5 nitrogen and oxygen atoms in total. The maximum atomic E-state index is 10.6. The molecule has 5 heteroatoms.